The lowest BCUT2D eigenvalue weighted by atomic mass is 10.2. The van der Waals surface area contributed by atoms with Crippen molar-refractivity contribution in [1.29, 1.82) is 0 Å². The van der Waals surface area contributed by atoms with Gasteiger partial charge in [0, 0.05) is 31.6 Å². The Hall–Kier alpha value is -0.470. The van der Waals surface area contributed by atoms with Gasteiger partial charge in [0.2, 0.25) is 0 Å². The van der Waals surface area contributed by atoms with E-state index in [-0.39, 0.29) is 6.10 Å². The Kier molecular flexibility index (Phi) is 5.57. The van der Waals surface area contributed by atoms with Gasteiger partial charge in [-0.15, -0.1) is 11.3 Å². The molecule has 0 bridgehead atoms. The Bertz CT molecular complexity index is 521. The second-order valence-corrected chi connectivity index (χ2v) is 8.36. The van der Waals surface area contributed by atoms with Crippen LogP contribution in [0, 0.1) is 0 Å². The minimum absolute atomic E-state index is 0.0379. The predicted octanol–water partition coefficient (Wildman–Crippen LogP) is 1.66. The second kappa shape index (κ2) is 7.00. The minimum atomic E-state index is -3.39. The van der Waals surface area contributed by atoms with Crippen LogP contribution in [-0.2, 0) is 21.3 Å². The molecule has 1 saturated heterocycles. The Morgan fingerprint density at radius 3 is 2.95 bits per heavy atom. The molecule has 20 heavy (non-hydrogen) atoms. The molecule has 0 aliphatic carbocycles. The maximum Gasteiger partial charge on any atom is 0.252 e. The van der Waals surface area contributed by atoms with Crippen molar-refractivity contribution in [2.75, 3.05) is 26.7 Å². The van der Waals surface area contributed by atoms with Gasteiger partial charge in [-0.05, 0) is 31.5 Å². The Morgan fingerprint density at radius 2 is 2.30 bits per heavy atom. The molecule has 0 aromatic carbocycles. The molecule has 1 aromatic heterocycles. The summed E-state index contributed by atoms with van der Waals surface area (Å²) in [6.07, 6.45) is 2.00. The molecule has 1 aromatic rings. The number of nitrogens with one attached hydrogen (secondary N) is 1. The summed E-state index contributed by atoms with van der Waals surface area (Å²) in [6.45, 7) is 4.79. The lowest BCUT2D eigenvalue weighted by molar-refractivity contribution is 0.0979. The molecule has 1 fully saturated rings. The van der Waals surface area contributed by atoms with Crippen molar-refractivity contribution in [1.82, 2.24) is 9.62 Å². The zero-order valence-corrected chi connectivity index (χ0v) is 13.6. The van der Waals surface area contributed by atoms with Crippen molar-refractivity contribution in [2.24, 2.45) is 0 Å². The van der Waals surface area contributed by atoms with E-state index in [1.54, 1.807) is 13.1 Å². The first-order chi connectivity index (χ1) is 9.54. The van der Waals surface area contributed by atoms with E-state index in [9.17, 15) is 8.42 Å². The Morgan fingerprint density at radius 1 is 1.50 bits per heavy atom. The first-order valence-corrected chi connectivity index (χ1v) is 9.17. The summed E-state index contributed by atoms with van der Waals surface area (Å²) in [4.78, 5) is 1.04. The number of ether oxygens (including phenoxy) is 1. The van der Waals surface area contributed by atoms with Crippen LogP contribution in [-0.4, -0.2) is 45.6 Å². The monoisotopic (exact) mass is 318 g/mol. The van der Waals surface area contributed by atoms with Gasteiger partial charge in [0.05, 0.1) is 6.10 Å². The Labute approximate surface area is 125 Å². The van der Waals surface area contributed by atoms with Gasteiger partial charge in [0.1, 0.15) is 4.21 Å². The highest BCUT2D eigenvalue weighted by molar-refractivity contribution is 7.91. The summed E-state index contributed by atoms with van der Waals surface area (Å²) in [5, 5.41) is 3.20. The van der Waals surface area contributed by atoms with Gasteiger partial charge >= 0.3 is 0 Å². The van der Waals surface area contributed by atoms with Crippen LogP contribution in [0.2, 0.25) is 0 Å². The zero-order chi connectivity index (χ0) is 14.6. The van der Waals surface area contributed by atoms with E-state index in [1.807, 2.05) is 13.0 Å². The largest absolute Gasteiger partial charge is 0.377 e. The van der Waals surface area contributed by atoms with Crippen LogP contribution >= 0.6 is 11.3 Å². The molecule has 114 valence electrons. The van der Waals surface area contributed by atoms with Crippen LogP contribution in [0.25, 0.3) is 0 Å². The molecule has 2 rings (SSSR count). The van der Waals surface area contributed by atoms with Crippen LogP contribution in [0.3, 0.4) is 0 Å². The summed E-state index contributed by atoms with van der Waals surface area (Å²) in [7, 11) is -1.76. The summed E-state index contributed by atoms with van der Waals surface area (Å²) in [5.74, 6) is 0. The van der Waals surface area contributed by atoms with Gasteiger partial charge in [0.25, 0.3) is 10.0 Å². The van der Waals surface area contributed by atoms with E-state index < -0.39 is 10.0 Å². The van der Waals surface area contributed by atoms with E-state index >= 15 is 0 Å². The molecule has 1 N–H and O–H groups in total. The van der Waals surface area contributed by atoms with Gasteiger partial charge in [-0.1, -0.05) is 6.92 Å². The standard InChI is InChI=1S/C13H22N2O3S2/c1-3-14-9-12-6-7-13(19-12)20(16,17)15(2)10-11-5-4-8-18-11/h6-7,11,14H,3-5,8-10H2,1-2H3. The van der Waals surface area contributed by atoms with Gasteiger partial charge in [-0.3, -0.25) is 0 Å². The zero-order valence-electron chi connectivity index (χ0n) is 12.0. The number of sulfonamides is 1. The third kappa shape index (κ3) is 3.79. The summed E-state index contributed by atoms with van der Waals surface area (Å²) in [5.41, 5.74) is 0. The van der Waals surface area contributed by atoms with Crippen molar-refractivity contribution < 1.29 is 13.2 Å². The third-order valence-electron chi connectivity index (χ3n) is 3.34. The average Bonchev–Trinajstić information content (AvgIpc) is 3.07. The fourth-order valence-electron chi connectivity index (χ4n) is 2.17. The van der Waals surface area contributed by atoms with Crippen LogP contribution in [0.15, 0.2) is 16.3 Å². The van der Waals surface area contributed by atoms with Crippen LogP contribution in [0.4, 0.5) is 0 Å². The Balaban J connectivity index is 2.02. The molecular formula is C13H22N2O3S2. The molecule has 0 radical (unpaired) electrons. The number of hydrogen-bond donors (Lipinski definition) is 1. The minimum Gasteiger partial charge on any atom is -0.377 e. The van der Waals surface area contributed by atoms with Gasteiger partial charge in [-0.25, -0.2) is 8.42 Å². The molecule has 1 aliphatic rings. The number of nitrogens with zero attached hydrogens (tertiary/aromatic N) is 1. The topological polar surface area (TPSA) is 58.6 Å². The van der Waals surface area contributed by atoms with Crippen molar-refractivity contribution in [2.45, 2.75) is 36.6 Å². The molecule has 1 atom stereocenters. The average molecular weight is 318 g/mol. The quantitative estimate of drug-likeness (QED) is 0.830. The number of thiophene rings is 1. The highest BCUT2D eigenvalue weighted by Crippen LogP contribution is 2.25. The molecule has 5 nitrogen and oxygen atoms in total. The first kappa shape index (κ1) is 15.9. The van der Waals surface area contributed by atoms with Gasteiger partial charge < -0.3 is 10.1 Å². The van der Waals surface area contributed by atoms with E-state index in [0.717, 1.165) is 30.9 Å². The van der Waals surface area contributed by atoms with E-state index in [4.69, 9.17) is 4.74 Å². The molecule has 2 heterocycles. The highest BCUT2D eigenvalue weighted by atomic mass is 32.2. The van der Waals surface area contributed by atoms with Crippen molar-refractivity contribution in [3.63, 3.8) is 0 Å². The van der Waals surface area contributed by atoms with Gasteiger partial charge in [-0.2, -0.15) is 4.31 Å². The number of likely N-dealkylation sites (N-methyl/N-ethyl adjacent to an activating group) is 1. The summed E-state index contributed by atoms with van der Waals surface area (Å²) < 4.78 is 32.3. The third-order valence-corrected chi connectivity index (χ3v) is 6.71. The fraction of sp³-hybridized carbons (Fsp3) is 0.692. The first-order valence-electron chi connectivity index (χ1n) is 6.91. The van der Waals surface area contributed by atoms with Gasteiger partial charge in [0.15, 0.2) is 0 Å². The molecule has 7 heteroatoms. The molecule has 0 amide bonds. The van der Waals surface area contributed by atoms with Crippen molar-refractivity contribution in [3.05, 3.63) is 17.0 Å². The molecule has 1 aliphatic heterocycles. The van der Waals surface area contributed by atoms with E-state index in [1.165, 1.54) is 15.6 Å². The predicted molar refractivity (Wildman–Crippen MR) is 80.5 cm³/mol. The van der Waals surface area contributed by atoms with E-state index in [2.05, 4.69) is 5.32 Å². The maximum atomic E-state index is 12.5. The van der Waals surface area contributed by atoms with Crippen LogP contribution < -0.4 is 5.32 Å². The second-order valence-electron chi connectivity index (χ2n) is 4.92. The summed E-state index contributed by atoms with van der Waals surface area (Å²) in [6, 6.07) is 3.57. The van der Waals surface area contributed by atoms with Crippen LogP contribution in [0.1, 0.15) is 24.6 Å². The molecular weight excluding hydrogens is 296 g/mol. The SMILES string of the molecule is CCNCc1ccc(S(=O)(=O)N(C)CC2CCCO2)s1. The molecule has 0 saturated carbocycles. The number of hydrogen-bond acceptors (Lipinski definition) is 5. The number of rotatable bonds is 7. The van der Waals surface area contributed by atoms with Crippen LogP contribution in [0.5, 0.6) is 0 Å². The maximum absolute atomic E-state index is 12.5. The molecule has 1 unspecified atom stereocenters. The lowest BCUT2D eigenvalue weighted by Gasteiger charge is -2.19. The van der Waals surface area contributed by atoms with Crippen molar-refractivity contribution >= 4 is 21.4 Å². The molecule has 0 spiro atoms. The normalized spacial score (nSPS) is 19.9. The van der Waals surface area contributed by atoms with E-state index in [0.29, 0.717) is 17.3 Å². The van der Waals surface area contributed by atoms with Crippen molar-refractivity contribution in [3.8, 4) is 0 Å². The summed E-state index contributed by atoms with van der Waals surface area (Å²) >= 11 is 1.33. The lowest BCUT2D eigenvalue weighted by Crippen LogP contribution is -2.33. The smallest absolute Gasteiger partial charge is 0.252 e. The highest BCUT2D eigenvalue weighted by Gasteiger charge is 2.27. The fourth-order valence-corrected chi connectivity index (χ4v) is 4.91.